The van der Waals surface area contributed by atoms with Crippen molar-refractivity contribution in [3.8, 4) is 0 Å². The molecule has 0 radical (unpaired) electrons. The third-order valence-electron chi connectivity index (χ3n) is 0. The van der Waals surface area contributed by atoms with E-state index in [0.717, 1.165) is 0 Å². The molecule has 0 atom stereocenters. The summed E-state index contributed by atoms with van der Waals surface area (Å²) in [5, 5.41) is 0. The third-order valence-corrected chi connectivity index (χ3v) is 0. The summed E-state index contributed by atoms with van der Waals surface area (Å²) in [6.45, 7) is 0. The van der Waals surface area contributed by atoms with Crippen LogP contribution in [-0.4, -0.2) is 93.6 Å². The van der Waals surface area contributed by atoms with Crippen molar-refractivity contribution in [1.82, 2.24) is 0 Å². The molecule has 6 N–H and O–H groups in total. The zero-order valence-electron chi connectivity index (χ0n) is 6.93. The summed E-state index contributed by atoms with van der Waals surface area (Å²) in [6.07, 6.45) is 0. The van der Waals surface area contributed by atoms with E-state index in [0.29, 0.717) is 0 Å². The molecule has 0 rings (SSSR count). The molecule has 0 aliphatic carbocycles. The van der Waals surface area contributed by atoms with Crippen LogP contribution in [0.3, 0.4) is 0 Å². The molecule has 0 fully saturated rings. The quantitative estimate of drug-likeness (QED) is 0.330. The smallest absolute Gasteiger partial charge is 0.870 e. The van der Waals surface area contributed by atoms with Crippen molar-refractivity contribution < 1.29 is 32.9 Å². The zero-order chi connectivity index (χ0) is 0. The van der Waals surface area contributed by atoms with E-state index in [1.54, 1.807) is 0 Å². The first kappa shape index (κ1) is 2960. The van der Waals surface area contributed by atoms with Gasteiger partial charge in [-0.3, -0.25) is 0 Å². The van der Waals surface area contributed by atoms with Gasteiger partial charge in [0.25, 0.3) is 0 Å². The molecular weight excluding hydrogens is 150 g/mol. The van der Waals surface area contributed by atoms with Gasteiger partial charge in [-0.25, -0.2) is 0 Å². The topological polar surface area (TPSA) is 180 Å². The van der Waals surface area contributed by atoms with E-state index in [4.69, 9.17) is 0 Å². The van der Waals surface area contributed by atoms with E-state index < -0.39 is 0 Å². The number of rotatable bonds is 0. The largest absolute Gasteiger partial charge is 2.00 e. The van der Waals surface area contributed by atoms with Gasteiger partial charge in [-0.2, -0.15) is 0 Å². The average molecular weight is 156 g/mol. The maximum Gasteiger partial charge on any atom is 2.00 e. The van der Waals surface area contributed by atoms with E-state index in [1.165, 1.54) is 0 Å². The van der Waals surface area contributed by atoms with Crippen molar-refractivity contribution in [3.63, 3.8) is 0 Å². The molecule has 0 aromatic rings. The second-order valence-corrected chi connectivity index (χ2v) is 0. The Kier molecular flexibility index (Phi) is 565000. The third kappa shape index (κ3) is 1720. The maximum absolute atomic E-state index is 0. The number of hydrogen-bond donors (Lipinski definition) is 0. The van der Waals surface area contributed by atoms with Crippen LogP contribution in [0, 0.1) is 0 Å². The minimum absolute atomic E-state index is 0. The van der Waals surface area contributed by atoms with E-state index in [2.05, 4.69) is 0 Å². The first-order valence-corrected chi connectivity index (χ1v) is 0. The van der Waals surface area contributed by atoms with Crippen LogP contribution in [0.15, 0.2) is 0 Å². The van der Waals surface area contributed by atoms with Crippen molar-refractivity contribution >= 4 is 60.7 Å². The van der Waals surface area contributed by atoms with Gasteiger partial charge in [0, 0.05) is 0 Å². The van der Waals surface area contributed by atoms with Crippen molar-refractivity contribution in [2.45, 2.75) is 0 Å². The predicted octanol–water partition coefficient (Wildman–Crippen LogP) is -3.35. The summed E-state index contributed by atoms with van der Waals surface area (Å²) in [5.74, 6) is 0. The molecule has 0 unspecified atom stereocenters. The molecule has 0 heterocycles. The first-order valence-electron chi connectivity index (χ1n) is 0. The van der Waals surface area contributed by atoms with Gasteiger partial charge < -0.3 is 32.9 Å². The first-order chi connectivity index (χ1) is 0. The standard InChI is InChI=1S/6Be.6H2O/h;;;;;;6*1H2/q6*+2;;;;;;/p-6. The second-order valence-electron chi connectivity index (χ2n) is 0. The van der Waals surface area contributed by atoms with Gasteiger partial charge in [-0.1, -0.05) is 0 Å². The fraction of sp³-hybridized carbons (Fsp3) is 0. The Morgan fingerprint density at radius 2 is 0.167 bits per heavy atom. The minimum Gasteiger partial charge on any atom is -0.870 e. The van der Waals surface area contributed by atoms with Crippen LogP contribution < -0.4 is 0 Å². The van der Waals surface area contributed by atoms with Crippen molar-refractivity contribution in [2.24, 2.45) is 0 Å². The maximum atomic E-state index is 0. The Morgan fingerprint density at radius 1 is 0.167 bits per heavy atom. The van der Waals surface area contributed by atoms with Crippen LogP contribution >= 0.6 is 0 Å². The molecule has 6 nitrogen and oxygen atoms in total. The SMILES string of the molecule is [Be+2].[Be+2].[Be+2].[Be+2].[Be+2].[Be+2].[OH-].[OH-].[OH-].[OH-].[OH-].[OH-]. The summed E-state index contributed by atoms with van der Waals surface area (Å²) in [7, 11) is 0. The van der Waals surface area contributed by atoms with E-state index >= 15 is 0 Å². The Hall–Kier alpha value is 0.773. The number of hydrogen-bond acceptors (Lipinski definition) is 6. The summed E-state index contributed by atoms with van der Waals surface area (Å²) in [6, 6.07) is 0. The predicted molar refractivity (Wildman–Crippen MR) is 46.1 cm³/mol. The van der Waals surface area contributed by atoms with Gasteiger partial charge >= 0.3 is 60.7 Å². The van der Waals surface area contributed by atoms with Crippen LogP contribution in [0.4, 0.5) is 0 Å². The van der Waals surface area contributed by atoms with Crippen LogP contribution in [-0.2, 0) is 0 Å². The molecule has 0 aromatic heterocycles. The van der Waals surface area contributed by atoms with Gasteiger partial charge in [-0.15, -0.1) is 0 Å². The molecule has 0 aliphatic rings. The molecule has 0 saturated heterocycles. The monoisotopic (exact) mass is 156 g/mol. The van der Waals surface area contributed by atoms with Gasteiger partial charge in [0.05, 0.1) is 0 Å². The molecule has 0 saturated carbocycles. The molecule has 0 bridgehead atoms. The summed E-state index contributed by atoms with van der Waals surface area (Å²) in [4.78, 5) is 0. The molecular formula is H6Be6O6+6. The fourth-order valence-corrected chi connectivity index (χ4v) is 0. The summed E-state index contributed by atoms with van der Waals surface area (Å²) < 4.78 is 0. The van der Waals surface area contributed by atoms with E-state index in [-0.39, 0.29) is 93.6 Å². The van der Waals surface area contributed by atoms with Crippen molar-refractivity contribution in [3.05, 3.63) is 0 Å². The van der Waals surface area contributed by atoms with E-state index in [9.17, 15) is 0 Å². The van der Waals surface area contributed by atoms with Gasteiger partial charge in [0.15, 0.2) is 0 Å². The minimum atomic E-state index is 0. The molecule has 12 heteroatoms. The molecule has 0 amide bonds. The Morgan fingerprint density at radius 3 is 0.167 bits per heavy atom. The van der Waals surface area contributed by atoms with E-state index in [1.807, 2.05) is 0 Å². The normalized spacial score (nSPS) is 0. The second kappa shape index (κ2) is 2290. The van der Waals surface area contributed by atoms with Crippen LogP contribution in [0.5, 0.6) is 0 Å². The molecule has 0 spiro atoms. The molecule has 12 heavy (non-hydrogen) atoms. The Bertz CT molecular complexity index is 12.0. The van der Waals surface area contributed by atoms with Gasteiger partial charge in [0.2, 0.25) is 0 Å². The average Bonchev–Trinajstić information content (AvgIpc) is 0. The van der Waals surface area contributed by atoms with Crippen molar-refractivity contribution in [1.29, 1.82) is 0 Å². The van der Waals surface area contributed by atoms with Crippen molar-refractivity contribution in [2.75, 3.05) is 0 Å². The van der Waals surface area contributed by atoms with Gasteiger partial charge in [0.1, 0.15) is 0 Å². The zero-order valence-corrected chi connectivity index (χ0v) is 6.93. The molecule has 0 aliphatic heterocycles. The van der Waals surface area contributed by atoms with Crippen LogP contribution in [0.2, 0.25) is 0 Å². The molecule has 48 valence electrons. The Labute approximate surface area is 94.0 Å². The molecule has 0 aromatic carbocycles. The Balaban J connectivity index is 0. The van der Waals surface area contributed by atoms with Crippen LogP contribution in [0.1, 0.15) is 0 Å². The van der Waals surface area contributed by atoms with Gasteiger partial charge in [-0.05, 0) is 0 Å². The summed E-state index contributed by atoms with van der Waals surface area (Å²) >= 11 is 0. The fourth-order valence-electron chi connectivity index (χ4n) is 0. The van der Waals surface area contributed by atoms with Crippen LogP contribution in [0.25, 0.3) is 0 Å². The summed E-state index contributed by atoms with van der Waals surface area (Å²) in [5.41, 5.74) is 0.